The fourth-order valence-electron chi connectivity index (χ4n) is 1.90. The molecule has 0 aliphatic carbocycles. The predicted octanol–water partition coefficient (Wildman–Crippen LogP) is 1.66. The molecule has 1 unspecified atom stereocenters. The first kappa shape index (κ1) is 16.0. The number of primary amides is 1. The van der Waals surface area contributed by atoms with Crippen LogP contribution < -0.4 is 11.1 Å². The van der Waals surface area contributed by atoms with E-state index in [9.17, 15) is 14.0 Å². The Labute approximate surface area is 130 Å². The zero-order chi connectivity index (χ0) is 16.3. The van der Waals surface area contributed by atoms with E-state index in [0.29, 0.717) is 16.8 Å². The summed E-state index contributed by atoms with van der Waals surface area (Å²) in [6.45, 7) is 1.64. The molecule has 2 rings (SSSR count). The zero-order valence-corrected chi connectivity index (χ0v) is 12.4. The minimum absolute atomic E-state index is 0.0186. The number of nitrogens with zero attached hydrogens (tertiary/aromatic N) is 1. The third-order valence-corrected chi connectivity index (χ3v) is 3.36. The Morgan fingerprint density at radius 2 is 2.05 bits per heavy atom. The van der Waals surface area contributed by atoms with Crippen molar-refractivity contribution in [1.82, 2.24) is 10.5 Å². The zero-order valence-electron chi connectivity index (χ0n) is 11.6. The monoisotopic (exact) mass is 325 g/mol. The largest absolute Gasteiger partial charge is 0.368 e. The number of carbonyl (C=O) groups is 2. The van der Waals surface area contributed by atoms with Gasteiger partial charge in [0.1, 0.15) is 11.9 Å². The van der Waals surface area contributed by atoms with Gasteiger partial charge in [-0.25, -0.2) is 4.39 Å². The summed E-state index contributed by atoms with van der Waals surface area (Å²) in [5, 5.41) is 6.13. The number of amides is 2. The third kappa shape index (κ3) is 3.62. The number of hydrogen-bond donors (Lipinski definition) is 2. The molecule has 0 radical (unpaired) electrons. The number of nitrogens with one attached hydrogen (secondary N) is 1. The summed E-state index contributed by atoms with van der Waals surface area (Å²) in [5.74, 6) is -1.69. The maximum atomic E-state index is 12.9. The molecule has 6 nitrogen and oxygen atoms in total. The maximum Gasteiger partial charge on any atom is 0.244 e. The molecule has 1 aromatic carbocycles. The second-order valence-electron chi connectivity index (χ2n) is 4.65. The van der Waals surface area contributed by atoms with Gasteiger partial charge in [0.2, 0.25) is 17.0 Å². The molecule has 0 bridgehead atoms. The summed E-state index contributed by atoms with van der Waals surface area (Å²) >= 11 is 5.78. The smallest absolute Gasteiger partial charge is 0.244 e. The lowest BCUT2D eigenvalue weighted by Gasteiger charge is -2.15. The van der Waals surface area contributed by atoms with Gasteiger partial charge < -0.3 is 15.6 Å². The molecule has 1 atom stereocenters. The Bertz CT molecular complexity index is 680. The highest BCUT2D eigenvalue weighted by Gasteiger charge is 2.22. The standard InChI is InChI=1S/C14H13ClFN3O3/c1-7-10(13(15)22-19-7)6-11(20)18-12(14(17)21)8-2-4-9(16)5-3-8/h2-5,12H,6H2,1H3,(H2,17,21)(H,18,20). The highest BCUT2D eigenvalue weighted by atomic mass is 35.5. The summed E-state index contributed by atoms with van der Waals surface area (Å²) in [6.07, 6.45) is -0.112. The van der Waals surface area contributed by atoms with Crippen LogP contribution in [-0.4, -0.2) is 17.0 Å². The number of aromatic nitrogens is 1. The van der Waals surface area contributed by atoms with E-state index in [-0.39, 0.29) is 11.6 Å². The molecule has 0 fully saturated rings. The van der Waals surface area contributed by atoms with Crippen molar-refractivity contribution in [1.29, 1.82) is 0 Å². The average molecular weight is 326 g/mol. The second-order valence-corrected chi connectivity index (χ2v) is 4.99. The van der Waals surface area contributed by atoms with Crippen molar-refractivity contribution in [2.24, 2.45) is 5.73 Å². The van der Waals surface area contributed by atoms with Gasteiger partial charge in [-0.1, -0.05) is 17.3 Å². The van der Waals surface area contributed by atoms with Gasteiger partial charge in [-0.15, -0.1) is 0 Å². The van der Waals surface area contributed by atoms with Crippen molar-refractivity contribution in [3.63, 3.8) is 0 Å². The first-order chi connectivity index (χ1) is 10.4. The van der Waals surface area contributed by atoms with Gasteiger partial charge in [0.15, 0.2) is 0 Å². The van der Waals surface area contributed by atoms with Gasteiger partial charge in [0, 0.05) is 5.56 Å². The Hall–Kier alpha value is -2.41. The quantitative estimate of drug-likeness (QED) is 0.873. The van der Waals surface area contributed by atoms with Crippen molar-refractivity contribution < 1.29 is 18.5 Å². The van der Waals surface area contributed by atoms with E-state index in [0.717, 1.165) is 0 Å². The Balaban J connectivity index is 2.13. The second kappa shape index (κ2) is 6.57. The predicted molar refractivity (Wildman–Crippen MR) is 76.4 cm³/mol. The number of halogens is 2. The van der Waals surface area contributed by atoms with E-state index in [1.807, 2.05) is 0 Å². The molecule has 8 heteroatoms. The van der Waals surface area contributed by atoms with Crippen molar-refractivity contribution in [2.45, 2.75) is 19.4 Å². The molecule has 0 aliphatic heterocycles. The lowest BCUT2D eigenvalue weighted by molar-refractivity contribution is -0.127. The molecule has 1 aromatic heterocycles. The lowest BCUT2D eigenvalue weighted by Crippen LogP contribution is -2.38. The third-order valence-electron chi connectivity index (χ3n) is 3.07. The van der Waals surface area contributed by atoms with Crippen LogP contribution in [0.2, 0.25) is 5.22 Å². The van der Waals surface area contributed by atoms with Crippen LogP contribution in [-0.2, 0) is 16.0 Å². The summed E-state index contributed by atoms with van der Waals surface area (Å²) in [6, 6.07) is 4.05. The maximum absolute atomic E-state index is 12.9. The Kier molecular flexibility index (Phi) is 4.77. The summed E-state index contributed by atoms with van der Waals surface area (Å²) in [4.78, 5) is 23.6. The van der Waals surface area contributed by atoms with Gasteiger partial charge in [-0.2, -0.15) is 0 Å². The van der Waals surface area contributed by atoms with Crippen LogP contribution in [0.5, 0.6) is 0 Å². The van der Waals surface area contributed by atoms with Crippen LogP contribution in [0.1, 0.15) is 22.9 Å². The Morgan fingerprint density at radius 3 is 2.55 bits per heavy atom. The number of rotatable bonds is 5. The van der Waals surface area contributed by atoms with E-state index < -0.39 is 23.7 Å². The molecule has 0 spiro atoms. The lowest BCUT2D eigenvalue weighted by atomic mass is 10.1. The van der Waals surface area contributed by atoms with E-state index in [2.05, 4.69) is 10.5 Å². The Morgan fingerprint density at radius 1 is 1.41 bits per heavy atom. The van der Waals surface area contributed by atoms with Crippen LogP contribution >= 0.6 is 11.6 Å². The number of carbonyl (C=O) groups excluding carboxylic acids is 2. The van der Waals surface area contributed by atoms with Gasteiger partial charge in [0.25, 0.3) is 0 Å². The molecule has 0 saturated heterocycles. The molecule has 22 heavy (non-hydrogen) atoms. The van der Waals surface area contributed by atoms with Crippen LogP contribution in [0.4, 0.5) is 4.39 Å². The molecule has 3 N–H and O–H groups in total. The number of benzene rings is 1. The number of nitrogens with two attached hydrogens (primary N) is 1. The fourth-order valence-corrected chi connectivity index (χ4v) is 2.14. The molecule has 0 saturated carbocycles. The minimum atomic E-state index is -1.06. The van der Waals surface area contributed by atoms with E-state index in [1.54, 1.807) is 6.92 Å². The molecular weight excluding hydrogens is 313 g/mol. The van der Waals surface area contributed by atoms with Crippen molar-refractivity contribution >= 4 is 23.4 Å². The van der Waals surface area contributed by atoms with E-state index in [1.165, 1.54) is 24.3 Å². The van der Waals surface area contributed by atoms with Gasteiger partial charge >= 0.3 is 0 Å². The molecule has 2 aromatic rings. The molecular formula is C14H13ClFN3O3. The van der Waals surface area contributed by atoms with Gasteiger partial charge in [0.05, 0.1) is 12.1 Å². The van der Waals surface area contributed by atoms with E-state index >= 15 is 0 Å². The molecule has 0 aliphatic rings. The highest BCUT2D eigenvalue weighted by molar-refractivity contribution is 6.29. The fraction of sp³-hybridized carbons (Fsp3) is 0.214. The van der Waals surface area contributed by atoms with Crippen molar-refractivity contribution in [2.75, 3.05) is 0 Å². The SMILES string of the molecule is Cc1noc(Cl)c1CC(=O)NC(C(N)=O)c1ccc(F)cc1. The molecule has 2 amide bonds. The van der Waals surface area contributed by atoms with Gasteiger partial charge in [-0.3, -0.25) is 9.59 Å². The summed E-state index contributed by atoms with van der Waals surface area (Å²) in [5.41, 5.74) is 6.58. The van der Waals surface area contributed by atoms with E-state index in [4.69, 9.17) is 21.9 Å². The van der Waals surface area contributed by atoms with Crippen molar-refractivity contribution in [3.05, 3.63) is 52.1 Å². The van der Waals surface area contributed by atoms with Crippen LogP contribution in [0.3, 0.4) is 0 Å². The van der Waals surface area contributed by atoms with Gasteiger partial charge in [-0.05, 0) is 36.2 Å². The van der Waals surface area contributed by atoms with Crippen LogP contribution in [0, 0.1) is 12.7 Å². The number of hydrogen-bond acceptors (Lipinski definition) is 4. The van der Waals surface area contributed by atoms with Crippen LogP contribution in [0.15, 0.2) is 28.8 Å². The summed E-state index contributed by atoms with van der Waals surface area (Å²) < 4.78 is 17.7. The highest BCUT2D eigenvalue weighted by Crippen LogP contribution is 2.20. The number of aryl methyl sites for hydroxylation is 1. The first-order valence-electron chi connectivity index (χ1n) is 6.33. The topological polar surface area (TPSA) is 98.2 Å². The average Bonchev–Trinajstić information content (AvgIpc) is 2.77. The molecule has 116 valence electrons. The normalized spacial score (nSPS) is 12.0. The summed E-state index contributed by atoms with van der Waals surface area (Å²) in [7, 11) is 0. The van der Waals surface area contributed by atoms with Crippen molar-refractivity contribution in [3.8, 4) is 0 Å². The minimum Gasteiger partial charge on any atom is -0.368 e. The molecule has 1 heterocycles. The first-order valence-corrected chi connectivity index (χ1v) is 6.71. The van der Waals surface area contributed by atoms with Crippen LogP contribution in [0.25, 0.3) is 0 Å².